The van der Waals surface area contributed by atoms with Crippen LogP contribution in [0.5, 0.6) is 17.4 Å². The number of aromatic nitrogens is 2. The van der Waals surface area contributed by atoms with Gasteiger partial charge in [0.15, 0.2) is 0 Å². The molecular weight excluding hydrogens is 502 g/mol. The van der Waals surface area contributed by atoms with Crippen LogP contribution < -0.4 is 14.2 Å². The number of aromatic hydroxyl groups is 1. The number of aryl methyl sites for hydroxylation is 1. The third-order valence-electron chi connectivity index (χ3n) is 5.84. The van der Waals surface area contributed by atoms with Gasteiger partial charge >= 0.3 is 10.1 Å². The fourth-order valence-electron chi connectivity index (χ4n) is 4.67. The van der Waals surface area contributed by atoms with E-state index in [0.29, 0.717) is 17.1 Å². The van der Waals surface area contributed by atoms with Gasteiger partial charge in [0.1, 0.15) is 22.5 Å². The molecule has 0 saturated carbocycles. The van der Waals surface area contributed by atoms with Crippen LogP contribution in [0, 0.1) is 6.92 Å². The average Bonchev–Trinajstić information content (AvgIpc) is 2.72. The monoisotopic (exact) mass is 533 g/mol. The highest BCUT2D eigenvalue weighted by atomic mass is 35.5. The van der Waals surface area contributed by atoms with Gasteiger partial charge in [0.2, 0.25) is 5.88 Å². The third kappa shape index (κ3) is 6.66. The van der Waals surface area contributed by atoms with Gasteiger partial charge in [-0.1, -0.05) is 17.7 Å². The van der Waals surface area contributed by atoms with E-state index in [2.05, 4.69) is 43.2 Å². The lowest BCUT2D eigenvalue weighted by Gasteiger charge is -2.46. The minimum absolute atomic E-state index is 0. The maximum atomic E-state index is 12.5. The minimum atomic E-state index is -4.02. The van der Waals surface area contributed by atoms with Crippen LogP contribution in [-0.2, 0) is 10.1 Å². The molecule has 1 aliphatic rings. The summed E-state index contributed by atoms with van der Waals surface area (Å²) in [5, 5.41) is 22.5. The van der Waals surface area contributed by atoms with Gasteiger partial charge < -0.3 is 19.3 Å². The van der Waals surface area contributed by atoms with Crippen molar-refractivity contribution >= 4 is 22.5 Å². The van der Waals surface area contributed by atoms with Crippen molar-refractivity contribution in [3.63, 3.8) is 0 Å². The Balaban J connectivity index is 0.00000361. The molecule has 1 fully saturated rings. The van der Waals surface area contributed by atoms with E-state index in [4.69, 9.17) is 8.92 Å². The summed E-state index contributed by atoms with van der Waals surface area (Å²) >= 11 is 0. The molecule has 194 valence electrons. The first-order valence-corrected chi connectivity index (χ1v) is 12.9. The zero-order valence-corrected chi connectivity index (χ0v) is 22.6. The zero-order chi connectivity index (χ0) is 25.4. The minimum Gasteiger partial charge on any atom is -0.507 e. The van der Waals surface area contributed by atoms with E-state index in [1.165, 1.54) is 30.3 Å². The molecule has 0 spiro atoms. The van der Waals surface area contributed by atoms with Crippen molar-refractivity contribution in [1.29, 1.82) is 0 Å². The number of piperidine rings is 1. The summed E-state index contributed by atoms with van der Waals surface area (Å²) in [6.45, 7) is 10.5. The number of phenols is 1. The highest BCUT2D eigenvalue weighted by Crippen LogP contribution is 2.34. The van der Waals surface area contributed by atoms with Crippen LogP contribution in [0.2, 0.25) is 0 Å². The molecule has 0 amide bonds. The molecule has 4 rings (SSSR count). The number of nitrogens with one attached hydrogen (secondary N) is 1. The van der Waals surface area contributed by atoms with Crippen molar-refractivity contribution in [2.45, 2.75) is 69.5 Å². The van der Waals surface area contributed by atoms with E-state index >= 15 is 0 Å². The first-order chi connectivity index (χ1) is 16.3. The van der Waals surface area contributed by atoms with Gasteiger partial charge in [0, 0.05) is 41.6 Å². The standard InChI is InChI=1S/C26H31N3O5S.ClH/c1-17-6-9-20(10-7-17)35(31,32)34-18-8-11-21(23(30)14-18)22-12-13-24(28-27-22)33-19-15-25(2,3)29-26(4,5)16-19;/h6-14,19,29-30H,15-16H2,1-5H3;1H. The Morgan fingerprint density at radius 3 is 2.14 bits per heavy atom. The SMILES string of the molecule is Cc1ccc(S(=O)(=O)Oc2ccc(-c3ccc(OC4CC(C)(C)NC(C)(C)C4)nn3)c(O)c2)cc1.Cl. The summed E-state index contributed by atoms with van der Waals surface area (Å²) in [6.07, 6.45) is 1.68. The molecule has 0 unspecified atom stereocenters. The van der Waals surface area contributed by atoms with Gasteiger partial charge in [-0.15, -0.1) is 22.6 Å². The molecule has 2 heterocycles. The third-order valence-corrected chi connectivity index (χ3v) is 7.10. The lowest BCUT2D eigenvalue weighted by Crippen LogP contribution is -2.60. The molecule has 2 aromatic carbocycles. The highest BCUT2D eigenvalue weighted by molar-refractivity contribution is 7.87. The van der Waals surface area contributed by atoms with Crippen LogP contribution in [0.4, 0.5) is 0 Å². The van der Waals surface area contributed by atoms with Gasteiger partial charge in [-0.05, 0) is 65.0 Å². The zero-order valence-electron chi connectivity index (χ0n) is 21.0. The van der Waals surface area contributed by atoms with Crippen LogP contribution in [0.1, 0.15) is 46.1 Å². The number of phenolic OH excluding ortho intramolecular Hbond substituents is 1. The molecule has 0 atom stereocenters. The van der Waals surface area contributed by atoms with Crippen LogP contribution in [-0.4, -0.2) is 40.9 Å². The first kappa shape index (κ1) is 27.7. The summed E-state index contributed by atoms with van der Waals surface area (Å²) < 4.78 is 36.3. The normalized spacial score (nSPS) is 17.1. The summed E-state index contributed by atoms with van der Waals surface area (Å²) in [7, 11) is -4.02. The van der Waals surface area contributed by atoms with Crippen LogP contribution >= 0.6 is 12.4 Å². The molecule has 3 aromatic rings. The lowest BCUT2D eigenvalue weighted by atomic mass is 9.81. The maximum Gasteiger partial charge on any atom is 0.339 e. The summed E-state index contributed by atoms with van der Waals surface area (Å²) in [5.74, 6) is 0.234. The predicted molar refractivity (Wildman–Crippen MR) is 140 cm³/mol. The van der Waals surface area contributed by atoms with E-state index in [1.807, 2.05) is 6.92 Å². The first-order valence-electron chi connectivity index (χ1n) is 11.5. The number of benzene rings is 2. The Hall–Kier alpha value is -2.88. The molecular formula is C26H32ClN3O5S. The summed E-state index contributed by atoms with van der Waals surface area (Å²) in [4.78, 5) is 0.0358. The van der Waals surface area contributed by atoms with Gasteiger partial charge in [-0.2, -0.15) is 8.42 Å². The van der Waals surface area contributed by atoms with E-state index in [1.54, 1.807) is 24.3 Å². The fourth-order valence-corrected chi connectivity index (χ4v) is 5.59. The van der Waals surface area contributed by atoms with Gasteiger partial charge in [-0.25, -0.2) is 0 Å². The number of nitrogens with zero attached hydrogens (tertiary/aromatic N) is 2. The van der Waals surface area contributed by atoms with E-state index < -0.39 is 10.1 Å². The quantitative estimate of drug-likeness (QED) is 0.424. The molecule has 10 heteroatoms. The fraction of sp³-hybridized carbons (Fsp3) is 0.385. The average molecular weight is 534 g/mol. The Morgan fingerprint density at radius 2 is 1.58 bits per heavy atom. The van der Waals surface area contributed by atoms with Crippen molar-refractivity contribution < 1.29 is 22.4 Å². The second-order valence-corrected chi connectivity index (χ2v) is 11.9. The number of halogens is 1. The highest BCUT2D eigenvalue weighted by Gasteiger charge is 2.38. The Labute approximate surface area is 218 Å². The molecule has 36 heavy (non-hydrogen) atoms. The summed E-state index contributed by atoms with van der Waals surface area (Å²) in [5.41, 5.74) is 1.65. The molecule has 1 aromatic heterocycles. The van der Waals surface area contributed by atoms with Crippen LogP contribution in [0.25, 0.3) is 11.3 Å². The second-order valence-electron chi connectivity index (χ2n) is 10.3. The van der Waals surface area contributed by atoms with Gasteiger partial charge in [0.05, 0.1) is 5.69 Å². The van der Waals surface area contributed by atoms with Crippen molar-refractivity contribution in [2.75, 3.05) is 0 Å². The lowest BCUT2D eigenvalue weighted by molar-refractivity contribution is 0.0524. The smallest absolute Gasteiger partial charge is 0.339 e. The molecule has 1 aliphatic heterocycles. The van der Waals surface area contributed by atoms with Gasteiger partial charge in [-0.3, -0.25) is 0 Å². The van der Waals surface area contributed by atoms with E-state index in [0.717, 1.165) is 18.4 Å². The number of hydrogen-bond donors (Lipinski definition) is 2. The predicted octanol–water partition coefficient (Wildman–Crippen LogP) is 5.04. The molecule has 8 nitrogen and oxygen atoms in total. The van der Waals surface area contributed by atoms with Crippen molar-refractivity contribution in [2.24, 2.45) is 0 Å². The second kappa shape index (κ2) is 10.2. The topological polar surface area (TPSA) is 111 Å². The molecule has 0 aliphatic carbocycles. The molecule has 0 bridgehead atoms. The number of rotatable bonds is 6. The number of hydrogen-bond acceptors (Lipinski definition) is 8. The largest absolute Gasteiger partial charge is 0.507 e. The van der Waals surface area contributed by atoms with E-state index in [9.17, 15) is 13.5 Å². The van der Waals surface area contributed by atoms with Crippen LogP contribution in [0.3, 0.4) is 0 Å². The van der Waals surface area contributed by atoms with Crippen molar-refractivity contribution in [3.05, 3.63) is 60.2 Å². The number of ether oxygens (including phenoxy) is 1. The molecule has 0 radical (unpaired) electrons. The van der Waals surface area contributed by atoms with E-state index in [-0.39, 0.29) is 46.0 Å². The molecule has 1 saturated heterocycles. The summed E-state index contributed by atoms with van der Waals surface area (Å²) in [6, 6.07) is 14.0. The Morgan fingerprint density at radius 1 is 0.944 bits per heavy atom. The van der Waals surface area contributed by atoms with Crippen LogP contribution in [0.15, 0.2) is 59.5 Å². The van der Waals surface area contributed by atoms with Crippen molar-refractivity contribution in [1.82, 2.24) is 15.5 Å². The van der Waals surface area contributed by atoms with Gasteiger partial charge in [0.25, 0.3) is 0 Å². The maximum absolute atomic E-state index is 12.5. The van der Waals surface area contributed by atoms with Crippen molar-refractivity contribution in [3.8, 4) is 28.6 Å². The Bertz CT molecular complexity index is 1290. The molecule has 2 N–H and O–H groups in total. The Kier molecular flexibility index (Phi) is 7.88.